The number of para-hydroxylation sites is 1. The van der Waals surface area contributed by atoms with Gasteiger partial charge >= 0.3 is 5.51 Å². The van der Waals surface area contributed by atoms with Gasteiger partial charge in [0.25, 0.3) is 5.69 Å². The molecule has 0 amide bonds. The predicted octanol–water partition coefficient (Wildman–Crippen LogP) is 4.95. The highest BCUT2D eigenvalue weighted by molar-refractivity contribution is 8.00. The van der Waals surface area contributed by atoms with E-state index in [0.29, 0.717) is 12.8 Å². The van der Waals surface area contributed by atoms with Gasteiger partial charge in [-0.25, -0.2) is 8.42 Å². The number of nitro groups is 1. The van der Waals surface area contributed by atoms with Gasteiger partial charge in [0.2, 0.25) is 10.0 Å². The van der Waals surface area contributed by atoms with Crippen LogP contribution in [0.3, 0.4) is 0 Å². The van der Waals surface area contributed by atoms with E-state index in [0.717, 1.165) is 35.7 Å². The summed E-state index contributed by atoms with van der Waals surface area (Å²) in [5, 5.41) is 10.3. The molecule has 1 aliphatic rings. The van der Waals surface area contributed by atoms with E-state index in [1.807, 2.05) is 6.92 Å². The van der Waals surface area contributed by atoms with Crippen molar-refractivity contribution < 1.29 is 26.5 Å². The fraction of sp³-hybridized carbons (Fsp3) is 0.647. The van der Waals surface area contributed by atoms with Crippen LogP contribution < -0.4 is 0 Å². The molecule has 0 N–H and O–H groups in total. The molecule has 28 heavy (non-hydrogen) atoms. The molecule has 11 heteroatoms. The zero-order valence-electron chi connectivity index (χ0n) is 15.4. The second kappa shape index (κ2) is 9.45. The number of nitro benzene ring substituents is 1. The van der Waals surface area contributed by atoms with Crippen LogP contribution >= 0.6 is 11.8 Å². The normalized spacial score (nSPS) is 21.1. The Hall–Kier alpha value is -1.33. The molecule has 0 aliphatic carbocycles. The lowest BCUT2D eigenvalue weighted by Gasteiger charge is -2.27. The van der Waals surface area contributed by atoms with Gasteiger partial charge in [-0.3, -0.25) is 10.1 Å². The maximum atomic E-state index is 13.1. The predicted molar refractivity (Wildman–Crippen MR) is 102 cm³/mol. The molecule has 0 saturated carbocycles. The van der Waals surface area contributed by atoms with Crippen molar-refractivity contribution in [3.05, 3.63) is 34.4 Å². The Morgan fingerprint density at radius 2 is 1.93 bits per heavy atom. The fourth-order valence-electron chi connectivity index (χ4n) is 3.47. The number of sulfonamides is 1. The van der Waals surface area contributed by atoms with Gasteiger partial charge in [-0.1, -0.05) is 44.7 Å². The molecule has 1 heterocycles. The molecular formula is C17H23F3N2O4S2. The molecule has 0 bridgehead atoms. The number of thioether (sulfide) groups is 1. The number of hydrogen-bond acceptors (Lipinski definition) is 5. The van der Waals surface area contributed by atoms with Crippen molar-refractivity contribution in [3.63, 3.8) is 0 Å². The van der Waals surface area contributed by atoms with Gasteiger partial charge < -0.3 is 0 Å². The third-order valence-corrected chi connectivity index (χ3v) is 7.81. The zero-order valence-corrected chi connectivity index (χ0v) is 17.0. The summed E-state index contributed by atoms with van der Waals surface area (Å²) in [6.45, 7) is 1.92. The summed E-state index contributed by atoms with van der Waals surface area (Å²) in [6, 6.07) is 4.10. The number of nitrogens with zero attached hydrogens (tertiary/aromatic N) is 2. The van der Waals surface area contributed by atoms with E-state index in [1.165, 1.54) is 12.1 Å². The number of halogens is 3. The minimum Gasteiger partial charge on any atom is -0.258 e. The van der Waals surface area contributed by atoms with Crippen molar-refractivity contribution in [2.24, 2.45) is 0 Å². The molecular weight excluding hydrogens is 417 g/mol. The molecule has 6 nitrogen and oxygen atoms in total. The summed E-state index contributed by atoms with van der Waals surface area (Å²) in [5.41, 5.74) is -5.04. The van der Waals surface area contributed by atoms with Crippen LogP contribution in [0.1, 0.15) is 45.4 Å². The summed E-state index contributed by atoms with van der Waals surface area (Å²) < 4.78 is 66.1. The van der Waals surface area contributed by atoms with Crippen LogP contribution in [0, 0.1) is 10.1 Å². The first-order valence-corrected chi connectivity index (χ1v) is 11.4. The number of rotatable bonds is 9. The monoisotopic (exact) mass is 440 g/mol. The van der Waals surface area contributed by atoms with E-state index in [9.17, 15) is 31.7 Å². The molecule has 2 atom stereocenters. The van der Waals surface area contributed by atoms with Crippen LogP contribution in [-0.2, 0) is 10.0 Å². The average molecular weight is 441 g/mol. The standard InChI is InChI=1S/C17H23F3N2O4S2/c1-2-3-4-5-8-13-15(27-17(18,19)20)11-12-21(13)28(25,26)16-10-7-6-9-14(16)22(23)24/h6-7,9-10,13,15H,2-5,8,11-12H2,1H3/t13-,15+/m1/s1. The van der Waals surface area contributed by atoms with E-state index in [4.69, 9.17) is 0 Å². The Morgan fingerprint density at radius 3 is 2.54 bits per heavy atom. The smallest absolute Gasteiger partial charge is 0.258 e. The first kappa shape index (κ1) is 23.0. The van der Waals surface area contributed by atoms with Crippen molar-refractivity contribution in [2.75, 3.05) is 6.54 Å². The molecule has 1 aromatic carbocycles. The molecule has 1 saturated heterocycles. The molecule has 1 aromatic rings. The third kappa shape index (κ3) is 5.60. The van der Waals surface area contributed by atoms with Crippen LogP contribution in [0.4, 0.5) is 18.9 Å². The van der Waals surface area contributed by atoms with Crippen molar-refractivity contribution in [1.29, 1.82) is 0 Å². The van der Waals surface area contributed by atoms with Gasteiger partial charge in [0, 0.05) is 23.9 Å². The van der Waals surface area contributed by atoms with Gasteiger partial charge in [-0.05, 0) is 30.7 Å². The first-order chi connectivity index (χ1) is 13.1. The fourth-order valence-corrected chi connectivity index (χ4v) is 6.42. The maximum absolute atomic E-state index is 13.1. The number of alkyl halides is 3. The minimum atomic E-state index is -4.47. The van der Waals surface area contributed by atoms with Crippen LogP contribution in [0.25, 0.3) is 0 Å². The SMILES string of the molecule is CCCCCC[C@@H]1[C@@H](SC(F)(F)F)CCN1S(=O)(=O)c1ccccc1[N+](=O)[O-]. The number of hydrogen-bond donors (Lipinski definition) is 0. The summed E-state index contributed by atoms with van der Waals surface area (Å²) >= 11 is -0.178. The highest BCUT2D eigenvalue weighted by Gasteiger charge is 2.47. The second-order valence-electron chi connectivity index (χ2n) is 6.65. The molecule has 0 radical (unpaired) electrons. The molecule has 1 aliphatic heterocycles. The van der Waals surface area contributed by atoms with Crippen LogP contribution in [0.2, 0.25) is 0 Å². The molecule has 1 fully saturated rings. The van der Waals surface area contributed by atoms with E-state index in [-0.39, 0.29) is 24.7 Å². The van der Waals surface area contributed by atoms with Crippen LogP contribution in [0.15, 0.2) is 29.2 Å². The van der Waals surface area contributed by atoms with E-state index in [1.54, 1.807) is 0 Å². The van der Waals surface area contributed by atoms with Gasteiger partial charge in [-0.15, -0.1) is 0 Å². The summed E-state index contributed by atoms with van der Waals surface area (Å²) in [6.07, 6.45) is 3.63. The van der Waals surface area contributed by atoms with Gasteiger partial charge in [0.15, 0.2) is 4.90 Å². The van der Waals surface area contributed by atoms with Crippen molar-refractivity contribution in [1.82, 2.24) is 4.31 Å². The maximum Gasteiger partial charge on any atom is 0.442 e. The van der Waals surface area contributed by atoms with Gasteiger partial charge in [-0.2, -0.15) is 17.5 Å². The largest absolute Gasteiger partial charge is 0.442 e. The Morgan fingerprint density at radius 1 is 1.25 bits per heavy atom. The summed E-state index contributed by atoms with van der Waals surface area (Å²) in [7, 11) is -4.28. The Bertz CT molecular complexity index is 787. The zero-order chi connectivity index (χ0) is 20.9. The first-order valence-electron chi connectivity index (χ1n) is 9.07. The Labute approximate surface area is 166 Å². The lowest BCUT2D eigenvalue weighted by Crippen LogP contribution is -2.39. The van der Waals surface area contributed by atoms with E-state index >= 15 is 0 Å². The lowest BCUT2D eigenvalue weighted by atomic mass is 10.1. The molecule has 158 valence electrons. The number of benzene rings is 1. The van der Waals surface area contributed by atoms with Gasteiger partial charge in [0.05, 0.1) is 4.92 Å². The van der Waals surface area contributed by atoms with Gasteiger partial charge in [0.1, 0.15) is 0 Å². The van der Waals surface area contributed by atoms with Crippen molar-refractivity contribution in [2.45, 2.75) is 67.1 Å². The lowest BCUT2D eigenvalue weighted by molar-refractivity contribution is -0.387. The molecule has 0 unspecified atom stereocenters. The summed E-state index contributed by atoms with van der Waals surface area (Å²) in [4.78, 5) is 9.96. The van der Waals surface area contributed by atoms with Crippen LogP contribution in [-0.4, -0.2) is 41.0 Å². The van der Waals surface area contributed by atoms with Crippen LogP contribution in [0.5, 0.6) is 0 Å². The van der Waals surface area contributed by atoms with E-state index in [2.05, 4.69) is 0 Å². The summed E-state index contributed by atoms with van der Waals surface area (Å²) in [5.74, 6) is 0. The van der Waals surface area contributed by atoms with Crippen molar-refractivity contribution >= 4 is 27.5 Å². The van der Waals surface area contributed by atoms with Crippen molar-refractivity contribution in [3.8, 4) is 0 Å². The molecule has 2 rings (SSSR count). The Balaban J connectivity index is 2.33. The Kier molecular flexibility index (Phi) is 7.74. The van der Waals surface area contributed by atoms with E-state index < -0.39 is 42.3 Å². The molecule has 0 aromatic heterocycles. The third-order valence-electron chi connectivity index (χ3n) is 4.72. The minimum absolute atomic E-state index is 0.0580. The number of unbranched alkanes of at least 4 members (excludes halogenated alkanes) is 3. The molecule has 0 spiro atoms. The quantitative estimate of drug-likeness (QED) is 0.308. The average Bonchev–Trinajstić information content (AvgIpc) is 3.00. The highest BCUT2D eigenvalue weighted by atomic mass is 32.2. The highest BCUT2D eigenvalue weighted by Crippen LogP contribution is 2.43. The topological polar surface area (TPSA) is 80.5 Å². The second-order valence-corrected chi connectivity index (χ2v) is 9.81.